The smallest absolute Gasteiger partial charge is 0.234 e. The van der Waals surface area contributed by atoms with Crippen molar-refractivity contribution in [2.24, 2.45) is 0 Å². The number of hydrogen-bond acceptors (Lipinski definition) is 4. The molecule has 0 fully saturated rings. The number of nitrogens with one attached hydrogen (secondary N) is 1. The largest absolute Gasteiger partial charge is 0.495 e. The Bertz CT molecular complexity index is 970. The second-order valence-electron chi connectivity index (χ2n) is 5.87. The number of amides is 1. The Kier molecular flexibility index (Phi) is 6.79. The van der Waals surface area contributed by atoms with E-state index in [1.165, 1.54) is 11.8 Å². The summed E-state index contributed by atoms with van der Waals surface area (Å²) in [6.07, 6.45) is 3.60. The highest BCUT2D eigenvalue weighted by Gasteiger charge is 2.14. The molecule has 0 radical (unpaired) electrons. The van der Waals surface area contributed by atoms with Gasteiger partial charge in [0.05, 0.1) is 30.4 Å². The zero-order chi connectivity index (χ0) is 19.9. The maximum atomic E-state index is 12.4. The van der Waals surface area contributed by atoms with Gasteiger partial charge in [-0.2, -0.15) is 0 Å². The van der Waals surface area contributed by atoms with E-state index in [0.717, 1.165) is 16.4 Å². The Morgan fingerprint density at radius 1 is 1.29 bits per heavy atom. The maximum Gasteiger partial charge on any atom is 0.234 e. The van der Waals surface area contributed by atoms with Crippen molar-refractivity contribution in [1.29, 1.82) is 0 Å². The van der Waals surface area contributed by atoms with Crippen LogP contribution >= 0.6 is 23.4 Å². The number of hydrogen-bond donors (Lipinski definition) is 1. The first-order chi connectivity index (χ1) is 13.6. The number of rotatable bonds is 8. The number of nitrogens with zero attached hydrogens (tertiary/aromatic N) is 2. The van der Waals surface area contributed by atoms with Crippen molar-refractivity contribution in [3.05, 3.63) is 72.4 Å². The molecule has 0 spiro atoms. The molecule has 0 aliphatic carbocycles. The number of thioether (sulfide) groups is 1. The van der Waals surface area contributed by atoms with Gasteiger partial charge in [-0.15, -0.1) is 6.58 Å². The number of carbonyl (C=O) groups excluding carboxylic acids is 1. The first kappa shape index (κ1) is 20.0. The molecule has 0 aliphatic rings. The molecule has 0 saturated carbocycles. The second kappa shape index (κ2) is 9.48. The Balaban J connectivity index is 1.72. The van der Waals surface area contributed by atoms with Crippen LogP contribution in [0.4, 0.5) is 5.69 Å². The molecule has 1 amide bonds. The molecule has 5 nitrogen and oxygen atoms in total. The molecule has 28 heavy (non-hydrogen) atoms. The molecule has 0 bridgehead atoms. The lowest BCUT2D eigenvalue weighted by Gasteiger charge is -2.11. The lowest BCUT2D eigenvalue weighted by molar-refractivity contribution is -0.113. The molecule has 1 N–H and O–H groups in total. The summed E-state index contributed by atoms with van der Waals surface area (Å²) >= 11 is 7.35. The van der Waals surface area contributed by atoms with Crippen LogP contribution in [0, 0.1) is 0 Å². The number of benzene rings is 2. The summed E-state index contributed by atoms with van der Waals surface area (Å²) in [4.78, 5) is 16.9. The fourth-order valence-electron chi connectivity index (χ4n) is 2.69. The third-order valence-electron chi connectivity index (χ3n) is 3.98. The molecule has 0 saturated heterocycles. The van der Waals surface area contributed by atoms with Crippen LogP contribution in [-0.4, -0.2) is 28.3 Å². The molecule has 3 rings (SSSR count). The van der Waals surface area contributed by atoms with E-state index in [9.17, 15) is 4.79 Å². The van der Waals surface area contributed by atoms with Crippen molar-refractivity contribution in [3.63, 3.8) is 0 Å². The Morgan fingerprint density at radius 2 is 2.04 bits per heavy atom. The van der Waals surface area contributed by atoms with Gasteiger partial charge in [0.1, 0.15) is 5.75 Å². The third-order valence-corrected chi connectivity index (χ3v) is 5.23. The quantitative estimate of drug-likeness (QED) is 0.411. The number of carbonyl (C=O) groups is 1. The minimum atomic E-state index is -0.129. The number of anilines is 1. The molecule has 2 aromatic carbocycles. The standard InChI is InChI=1S/C21H20ClN3O2S/c1-3-12-25-18(15-8-10-16(22)11-9-15)13-23-21(25)28-14-20(26)24-17-6-4-5-7-19(17)27-2/h3-11,13H,1,12,14H2,2H3,(H,24,26). The van der Waals surface area contributed by atoms with Gasteiger partial charge in [0.15, 0.2) is 5.16 Å². The molecular weight excluding hydrogens is 394 g/mol. The maximum absolute atomic E-state index is 12.4. The monoisotopic (exact) mass is 413 g/mol. The third kappa shape index (κ3) is 4.77. The number of imidazole rings is 1. The zero-order valence-corrected chi connectivity index (χ0v) is 17.0. The molecule has 3 aromatic rings. The average molecular weight is 414 g/mol. The Hall–Kier alpha value is -2.70. The van der Waals surface area contributed by atoms with Crippen LogP contribution < -0.4 is 10.1 Å². The summed E-state index contributed by atoms with van der Waals surface area (Å²) < 4.78 is 7.29. The summed E-state index contributed by atoms with van der Waals surface area (Å²) in [7, 11) is 1.57. The number of ether oxygens (including phenoxy) is 1. The van der Waals surface area contributed by atoms with Crippen LogP contribution in [0.5, 0.6) is 5.75 Å². The van der Waals surface area contributed by atoms with E-state index in [2.05, 4.69) is 16.9 Å². The van der Waals surface area contributed by atoms with Gasteiger partial charge in [0.2, 0.25) is 5.91 Å². The van der Waals surface area contributed by atoms with Crippen LogP contribution in [0.3, 0.4) is 0 Å². The fourth-order valence-corrected chi connectivity index (χ4v) is 3.61. The molecule has 144 valence electrons. The molecule has 7 heteroatoms. The summed E-state index contributed by atoms with van der Waals surface area (Å²) in [6.45, 7) is 4.42. The van der Waals surface area contributed by atoms with Gasteiger partial charge >= 0.3 is 0 Å². The average Bonchev–Trinajstić information content (AvgIpc) is 3.10. The minimum absolute atomic E-state index is 0.129. The number of para-hydroxylation sites is 2. The van der Waals surface area contributed by atoms with Crippen molar-refractivity contribution in [3.8, 4) is 17.0 Å². The normalized spacial score (nSPS) is 10.5. The fraction of sp³-hybridized carbons (Fsp3) is 0.143. The SMILES string of the molecule is C=CCn1c(-c2ccc(Cl)cc2)cnc1SCC(=O)Nc1ccccc1OC. The van der Waals surface area contributed by atoms with Gasteiger partial charge in [-0.05, 0) is 29.8 Å². The van der Waals surface area contributed by atoms with Crippen LogP contribution in [0.15, 0.2) is 72.5 Å². The van der Waals surface area contributed by atoms with Crippen LogP contribution in [0.25, 0.3) is 11.3 Å². The topological polar surface area (TPSA) is 56.2 Å². The van der Waals surface area contributed by atoms with E-state index in [0.29, 0.717) is 23.0 Å². The first-order valence-corrected chi connectivity index (χ1v) is 9.96. The number of methoxy groups -OCH3 is 1. The highest BCUT2D eigenvalue weighted by atomic mass is 35.5. The molecule has 1 heterocycles. The summed E-state index contributed by atoms with van der Waals surface area (Å²) in [6, 6.07) is 14.9. The highest BCUT2D eigenvalue weighted by molar-refractivity contribution is 7.99. The van der Waals surface area contributed by atoms with Crippen molar-refractivity contribution in [1.82, 2.24) is 9.55 Å². The predicted octanol–water partition coefficient (Wildman–Crippen LogP) is 5.13. The van der Waals surface area contributed by atoms with Gasteiger partial charge < -0.3 is 14.6 Å². The molecule has 0 atom stereocenters. The van der Waals surface area contributed by atoms with E-state index < -0.39 is 0 Å². The number of halogens is 1. The van der Waals surface area contributed by atoms with Crippen LogP contribution in [-0.2, 0) is 11.3 Å². The lowest BCUT2D eigenvalue weighted by atomic mass is 10.2. The molecule has 0 unspecified atom stereocenters. The minimum Gasteiger partial charge on any atom is -0.495 e. The zero-order valence-electron chi connectivity index (χ0n) is 15.4. The Labute approximate surface area is 173 Å². The number of allylic oxidation sites excluding steroid dienone is 1. The van der Waals surface area contributed by atoms with E-state index in [1.54, 1.807) is 31.5 Å². The second-order valence-corrected chi connectivity index (χ2v) is 7.25. The van der Waals surface area contributed by atoms with Crippen molar-refractivity contribution in [2.75, 3.05) is 18.2 Å². The highest BCUT2D eigenvalue weighted by Crippen LogP contribution is 2.28. The van der Waals surface area contributed by atoms with Crippen molar-refractivity contribution in [2.45, 2.75) is 11.7 Å². The van der Waals surface area contributed by atoms with Crippen LogP contribution in [0.1, 0.15) is 0 Å². The first-order valence-electron chi connectivity index (χ1n) is 8.60. The van der Waals surface area contributed by atoms with Gasteiger partial charge in [0.25, 0.3) is 0 Å². The van der Waals surface area contributed by atoms with Gasteiger partial charge in [-0.3, -0.25) is 4.79 Å². The van der Waals surface area contributed by atoms with Crippen molar-refractivity contribution < 1.29 is 9.53 Å². The van der Waals surface area contributed by atoms with Crippen LogP contribution in [0.2, 0.25) is 5.02 Å². The van der Waals surface area contributed by atoms with Gasteiger partial charge in [-0.25, -0.2) is 4.98 Å². The van der Waals surface area contributed by atoms with E-state index >= 15 is 0 Å². The summed E-state index contributed by atoms with van der Waals surface area (Å²) in [5, 5.41) is 4.30. The summed E-state index contributed by atoms with van der Waals surface area (Å²) in [5.74, 6) is 0.724. The van der Waals surface area contributed by atoms with Crippen molar-refractivity contribution >= 4 is 35.0 Å². The molecule has 0 aliphatic heterocycles. The number of aromatic nitrogens is 2. The van der Waals surface area contributed by atoms with Gasteiger partial charge in [0, 0.05) is 11.6 Å². The van der Waals surface area contributed by atoms with Gasteiger partial charge in [-0.1, -0.05) is 53.7 Å². The predicted molar refractivity (Wildman–Crippen MR) is 115 cm³/mol. The van der Waals surface area contributed by atoms with E-state index in [-0.39, 0.29) is 11.7 Å². The molecular formula is C21H20ClN3O2S. The van der Waals surface area contributed by atoms with E-state index in [4.69, 9.17) is 16.3 Å². The molecule has 1 aromatic heterocycles. The summed E-state index contributed by atoms with van der Waals surface area (Å²) in [5.41, 5.74) is 2.60. The Morgan fingerprint density at radius 3 is 2.75 bits per heavy atom. The van der Waals surface area contributed by atoms with E-state index in [1.807, 2.05) is 41.0 Å². The lowest BCUT2D eigenvalue weighted by Crippen LogP contribution is -2.15.